The third kappa shape index (κ3) is 5.95. The Morgan fingerprint density at radius 2 is 1.97 bits per heavy atom. The Morgan fingerprint density at radius 1 is 1.23 bits per heavy atom. The Bertz CT molecular complexity index is 812. The molecule has 1 aliphatic rings. The molecule has 30 heavy (non-hydrogen) atoms. The van der Waals surface area contributed by atoms with Gasteiger partial charge in [-0.2, -0.15) is 0 Å². The molecule has 0 bridgehead atoms. The molecule has 6 nitrogen and oxygen atoms in total. The molecule has 1 aromatic heterocycles. The molecule has 0 aliphatic carbocycles. The van der Waals surface area contributed by atoms with E-state index in [0.717, 1.165) is 50.7 Å². The van der Waals surface area contributed by atoms with Crippen LogP contribution in [0.15, 0.2) is 29.3 Å². The van der Waals surface area contributed by atoms with Crippen molar-refractivity contribution < 1.29 is 4.74 Å². The standard InChI is InChI=1S/C23H35N5OS/c1-5-20-17(2)30-22(27-20)12-13-25-23(24-3)26-16-21(28-14-6-7-15-28)18-8-10-19(29-4)11-9-18/h8-11,21H,5-7,12-16H2,1-4H3,(H2,24,25,26). The summed E-state index contributed by atoms with van der Waals surface area (Å²) >= 11 is 1.81. The highest BCUT2D eigenvalue weighted by Gasteiger charge is 2.23. The highest BCUT2D eigenvalue weighted by atomic mass is 32.1. The highest BCUT2D eigenvalue weighted by Crippen LogP contribution is 2.26. The van der Waals surface area contributed by atoms with Gasteiger partial charge >= 0.3 is 0 Å². The first-order chi connectivity index (χ1) is 14.6. The van der Waals surface area contributed by atoms with E-state index in [1.165, 1.54) is 34.0 Å². The van der Waals surface area contributed by atoms with Gasteiger partial charge in [0.05, 0.1) is 23.9 Å². The molecule has 1 aliphatic heterocycles. The van der Waals surface area contributed by atoms with E-state index < -0.39 is 0 Å². The normalized spacial score (nSPS) is 15.9. The van der Waals surface area contributed by atoms with Gasteiger partial charge in [0.1, 0.15) is 5.75 Å². The average molecular weight is 430 g/mol. The first-order valence-electron chi connectivity index (χ1n) is 10.9. The minimum atomic E-state index is 0.325. The van der Waals surface area contributed by atoms with Gasteiger partial charge in [0.15, 0.2) is 5.96 Å². The molecule has 0 saturated carbocycles. The van der Waals surface area contributed by atoms with E-state index in [2.05, 4.69) is 46.5 Å². The predicted octanol–water partition coefficient (Wildman–Crippen LogP) is 3.57. The third-order valence-electron chi connectivity index (χ3n) is 5.67. The van der Waals surface area contributed by atoms with Gasteiger partial charge in [-0.25, -0.2) is 4.98 Å². The number of rotatable bonds is 9. The molecule has 3 rings (SSSR count). The summed E-state index contributed by atoms with van der Waals surface area (Å²) in [6.45, 7) is 8.26. The molecule has 1 aromatic carbocycles. The monoisotopic (exact) mass is 429 g/mol. The van der Waals surface area contributed by atoms with E-state index in [0.29, 0.717) is 6.04 Å². The van der Waals surface area contributed by atoms with Crippen LogP contribution in [0.5, 0.6) is 5.75 Å². The van der Waals surface area contributed by atoms with Crippen LogP contribution in [-0.2, 0) is 12.8 Å². The second kappa shape index (κ2) is 11.3. The zero-order valence-corrected chi connectivity index (χ0v) is 19.5. The molecule has 2 N–H and O–H groups in total. The second-order valence-corrected chi connectivity index (χ2v) is 8.91. The second-order valence-electron chi connectivity index (χ2n) is 7.63. The summed E-state index contributed by atoms with van der Waals surface area (Å²) < 4.78 is 5.32. The lowest BCUT2D eigenvalue weighted by Crippen LogP contribution is -2.43. The molecule has 0 spiro atoms. The van der Waals surface area contributed by atoms with E-state index in [4.69, 9.17) is 9.72 Å². The average Bonchev–Trinajstić information content (AvgIpc) is 3.42. The molecular weight excluding hydrogens is 394 g/mol. The summed E-state index contributed by atoms with van der Waals surface area (Å²) in [5, 5.41) is 8.18. The summed E-state index contributed by atoms with van der Waals surface area (Å²) in [5.41, 5.74) is 2.54. The lowest BCUT2D eigenvalue weighted by atomic mass is 10.1. The van der Waals surface area contributed by atoms with Crippen LogP contribution in [0.1, 0.15) is 46.9 Å². The van der Waals surface area contributed by atoms with Crippen molar-refractivity contribution in [2.75, 3.05) is 40.3 Å². The number of benzene rings is 1. The van der Waals surface area contributed by atoms with E-state index in [-0.39, 0.29) is 0 Å². The minimum absolute atomic E-state index is 0.325. The van der Waals surface area contributed by atoms with Crippen LogP contribution in [0.3, 0.4) is 0 Å². The van der Waals surface area contributed by atoms with Gasteiger partial charge in [-0.3, -0.25) is 9.89 Å². The molecular formula is C23H35N5OS. The molecule has 164 valence electrons. The zero-order valence-electron chi connectivity index (χ0n) is 18.7. The summed E-state index contributed by atoms with van der Waals surface area (Å²) in [6.07, 6.45) is 4.46. The van der Waals surface area contributed by atoms with Gasteiger partial charge < -0.3 is 15.4 Å². The fraction of sp³-hybridized carbons (Fsp3) is 0.565. The summed E-state index contributed by atoms with van der Waals surface area (Å²) in [4.78, 5) is 13.0. The van der Waals surface area contributed by atoms with Crippen LogP contribution in [-0.4, -0.2) is 56.2 Å². The molecule has 2 heterocycles. The van der Waals surface area contributed by atoms with Crippen LogP contribution in [0.2, 0.25) is 0 Å². The molecule has 1 unspecified atom stereocenters. The van der Waals surface area contributed by atoms with Crippen LogP contribution < -0.4 is 15.4 Å². The van der Waals surface area contributed by atoms with Gasteiger partial charge in [0, 0.05) is 31.4 Å². The van der Waals surface area contributed by atoms with Crippen molar-refractivity contribution in [2.24, 2.45) is 4.99 Å². The summed E-state index contributed by atoms with van der Waals surface area (Å²) in [7, 11) is 3.54. The fourth-order valence-corrected chi connectivity index (χ4v) is 4.98. The number of thiazole rings is 1. The molecule has 1 fully saturated rings. The van der Waals surface area contributed by atoms with Crippen molar-refractivity contribution in [3.05, 3.63) is 45.4 Å². The Hall–Kier alpha value is -2.12. The molecule has 2 aromatic rings. The Balaban J connectivity index is 1.55. The largest absolute Gasteiger partial charge is 0.497 e. The van der Waals surface area contributed by atoms with Crippen molar-refractivity contribution >= 4 is 17.3 Å². The smallest absolute Gasteiger partial charge is 0.191 e. The number of hydrogen-bond acceptors (Lipinski definition) is 5. The molecule has 0 radical (unpaired) electrons. The van der Waals surface area contributed by atoms with Crippen LogP contribution in [0, 0.1) is 6.92 Å². The van der Waals surface area contributed by atoms with Gasteiger partial charge in [-0.1, -0.05) is 19.1 Å². The number of hydrogen-bond donors (Lipinski definition) is 2. The number of aliphatic imine (C=N–C) groups is 1. The zero-order chi connectivity index (χ0) is 21.3. The van der Waals surface area contributed by atoms with Crippen molar-refractivity contribution in [2.45, 2.75) is 45.6 Å². The minimum Gasteiger partial charge on any atom is -0.497 e. The highest BCUT2D eigenvalue weighted by molar-refractivity contribution is 7.11. The Kier molecular flexibility index (Phi) is 8.51. The maximum atomic E-state index is 5.32. The third-order valence-corrected chi connectivity index (χ3v) is 6.74. The Morgan fingerprint density at radius 3 is 2.57 bits per heavy atom. The van der Waals surface area contributed by atoms with E-state index in [1.54, 1.807) is 18.4 Å². The molecule has 7 heteroatoms. The number of nitrogens with zero attached hydrogens (tertiary/aromatic N) is 3. The number of nitrogens with one attached hydrogen (secondary N) is 2. The number of aryl methyl sites for hydroxylation is 2. The first kappa shape index (κ1) is 22.6. The quantitative estimate of drug-likeness (QED) is 0.471. The number of methoxy groups -OCH3 is 1. The van der Waals surface area contributed by atoms with Crippen LogP contribution >= 0.6 is 11.3 Å². The summed E-state index contributed by atoms with van der Waals surface area (Å²) in [6, 6.07) is 8.77. The van der Waals surface area contributed by atoms with E-state index in [9.17, 15) is 0 Å². The number of ether oxygens (including phenoxy) is 1. The van der Waals surface area contributed by atoms with Crippen molar-refractivity contribution in [3.8, 4) is 5.75 Å². The maximum absolute atomic E-state index is 5.32. The van der Waals surface area contributed by atoms with E-state index in [1.807, 2.05) is 19.2 Å². The Labute approximate surface area is 184 Å². The first-order valence-corrected chi connectivity index (χ1v) is 11.7. The maximum Gasteiger partial charge on any atom is 0.191 e. The van der Waals surface area contributed by atoms with Gasteiger partial charge in [0.25, 0.3) is 0 Å². The lowest BCUT2D eigenvalue weighted by molar-refractivity contribution is 0.245. The van der Waals surface area contributed by atoms with Gasteiger partial charge in [0.2, 0.25) is 0 Å². The fourth-order valence-electron chi connectivity index (χ4n) is 3.96. The van der Waals surface area contributed by atoms with Crippen LogP contribution in [0.4, 0.5) is 0 Å². The van der Waals surface area contributed by atoms with Crippen LogP contribution in [0.25, 0.3) is 0 Å². The topological polar surface area (TPSA) is 61.8 Å². The molecule has 1 saturated heterocycles. The summed E-state index contributed by atoms with van der Waals surface area (Å²) in [5.74, 6) is 1.74. The van der Waals surface area contributed by atoms with Crippen molar-refractivity contribution in [1.82, 2.24) is 20.5 Å². The number of guanidine groups is 1. The SMILES string of the molecule is CCc1nc(CCNC(=NC)NCC(c2ccc(OC)cc2)N2CCCC2)sc1C. The van der Waals surface area contributed by atoms with Crippen molar-refractivity contribution in [3.63, 3.8) is 0 Å². The molecule has 1 atom stereocenters. The van der Waals surface area contributed by atoms with E-state index >= 15 is 0 Å². The van der Waals surface area contributed by atoms with Crippen molar-refractivity contribution in [1.29, 1.82) is 0 Å². The molecule has 0 amide bonds. The lowest BCUT2D eigenvalue weighted by Gasteiger charge is -2.29. The number of likely N-dealkylation sites (tertiary alicyclic amines) is 1. The predicted molar refractivity (Wildman–Crippen MR) is 126 cm³/mol. The number of aromatic nitrogens is 1. The van der Waals surface area contributed by atoms with Gasteiger partial charge in [-0.05, 0) is 57.0 Å². The van der Waals surface area contributed by atoms with Gasteiger partial charge in [-0.15, -0.1) is 11.3 Å².